The van der Waals surface area contributed by atoms with E-state index < -0.39 is 17.9 Å². The summed E-state index contributed by atoms with van der Waals surface area (Å²) in [5.74, 6) is -1.71. The molecule has 0 spiro atoms. The Bertz CT molecular complexity index is 485. The maximum absolute atomic E-state index is 12.1. The number of hydrogen-bond acceptors (Lipinski definition) is 4. The minimum absolute atomic E-state index is 0.0399. The van der Waals surface area contributed by atoms with Crippen molar-refractivity contribution >= 4 is 11.9 Å². The molecule has 0 fully saturated rings. The Morgan fingerprint density at radius 2 is 1.81 bits per heavy atom. The second kappa shape index (κ2) is 7.64. The van der Waals surface area contributed by atoms with Gasteiger partial charge in [0.05, 0.1) is 5.92 Å². The van der Waals surface area contributed by atoms with E-state index in [9.17, 15) is 19.8 Å². The van der Waals surface area contributed by atoms with Crippen molar-refractivity contribution in [2.24, 2.45) is 17.6 Å². The van der Waals surface area contributed by atoms with Crippen LogP contribution in [0.2, 0.25) is 0 Å². The van der Waals surface area contributed by atoms with Crippen LogP contribution in [0.5, 0.6) is 5.75 Å². The zero-order chi connectivity index (χ0) is 16.0. The standard InChI is InChI=1S/C15H22N2O4/c1-9(2)12(8-16)14(19)17-13(15(20)21)7-10-3-5-11(18)6-4-10/h3-6,9,12-13,18H,7-8,16H2,1-2H3,(H,17,19)(H,20,21)/t12?,13-/m1/s1. The number of nitrogens with one attached hydrogen (secondary N) is 1. The van der Waals surface area contributed by atoms with Gasteiger partial charge in [0, 0.05) is 13.0 Å². The molecule has 1 amide bonds. The monoisotopic (exact) mass is 294 g/mol. The van der Waals surface area contributed by atoms with Crippen molar-refractivity contribution in [3.8, 4) is 5.75 Å². The van der Waals surface area contributed by atoms with E-state index in [1.165, 1.54) is 12.1 Å². The number of amides is 1. The van der Waals surface area contributed by atoms with Crippen LogP contribution < -0.4 is 11.1 Å². The van der Waals surface area contributed by atoms with Gasteiger partial charge in [-0.2, -0.15) is 0 Å². The Morgan fingerprint density at radius 1 is 1.24 bits per heavy atom. The van der Waals surface area contributed by atoms with Crippen LogP contribution in [-0.2, 0) is 16.0 Å². The highest BCUT2D eigenvalue weighted by molar-refractivity contribution is 5.85. The van der Waals surface area contributed by atoms with Gasteiger partial charge in [-0.05, 0) is 23.6 Å². The van der Waals surface area contributed by atoms with E-state index in [4.69, 9.17) is 5.73 Å². The topological polar surface area (TPSA) is 113 Å². The third-order valence-corrected chi connectivity index (χ3v) is 3.39. The molecule has 0 aliphatic heterocycles. The molecule has 21 heavy (non-hydrogen) atoms. The first-order valence-electron chi connectivity index (χ1n) is 6.86. The highest BCUT2D eigenvalue weighted by atomic mass is 16.4. The first-order valence-corrected chi connectivity index (χ1v) is 6.86. The molecule has 2 atom stereocenters. The summed E-state index contributed by atoms with van der Waals surface area (Å²) in [4.78, 5) is 23.4. The molecule has 1 rings (SSSR count). The molecular weight excluding hydrogens is 272 g/mol. The van der Waals surface area contributed by atoms with Gasteiger partial charge < -0.3 is 21.3 Å². The molecule has 0 aliphatic carbocycles. The van der Waals surface area contributed by atoms with Crippen LogP contribution in [0.15, 0.2) is 24.3 Å². The maximum atomic E-state index is 12.1. The number of benzene rings is 1. The van der Waals surface area contributed by atoms with E-state index in [-0.39, 0.29) is 30.5 Å². The van der Waals surface area contributed by atoms with Crippen LogP contribution in [0.3, 0.4) is 0 Å². The van der Waals surface area contributed by atoms with Crippen molar-refractivity contribution in [3.05, 3.63) is 29.8 Å². The molecule has 0 heterocycles. The lowest BCUT2D eigenvalue weighted by Gasteiger charge is -2.21. The van der Waals surface area contributed by atoms with Gasteiger partial charge in [-0.3, -0.25) is 4.79 Å². The number of carbonyl (C=O) groups is 2. The molecule has 0 aromatic heterocycles. The van der Waals surface area contributed by atoms with Crippen LogP contribution in [0.1, 0.15) is 19.4 Å². The number of rotatable bonds is 7. The van der Waals surface area contributed by atoms with Crippen molar-refractivity contribution in [1.82, 2.24) is 5.32 Å². The summed E-state index contributed by atoms with van der Waals surface area (Å²) in [6.07, 6.45) is 0.150. The van der Waals surface area contributed by atoms with E-state index >= 15 is 0 Å². The molecule has 0 bridgehead atoms. The van der Waals surface area contributed by atoms with Gasteiger partial charge in [-0.15, -0.1) is 0 Å². The Hall–Kier alpha value is -2.08. The number of phenolic OH excluding ortho intramolecular Hbond substituents is 1. The second-order valence-electron chi connectivity index (χ2n) is 5.36. The third kappa shape index (κ3) is 5.07. The molecule has 1 unspecified atom stereocenters. The summed E-state index contributed by atoms with van der Waals surface area (Å²) < 4.78 is 0. The number of nitrogens with two attached hydrogens (primary N) is 1. The number of carbonyl (C=O) groups excluding carboxylic acids is 1. The molecule has 1 aromatic carbocycles. The molecular formula is C15H22N2O4. The number of hydrogen-bond donors (Lipinski definition) is 4. The molecule has 0 saturated carbocycles. The highest BCUT2D eigenvalue weighted by Crippen LogP contribution is 2.13. The number of aromatic hydroxyl groups is 1. The van der Waals surface area contributed by atoms with E-state index in [0.717, 1.165) is 0 Å². The summed E-state index contributed by atoms with van der Waals surface area (Å²) in [7, 11) is 0. The normalized spacial score (nSPS) is 13.7. The Morgan fingerprint density at radius 3 is 2.24 bits per heavy atom. The predicted molar refractivity (Wildman–Crippen MR) is 78.8 cm³/mol. The van der Waals surface area contributed by atoms with Crippen molar-refractivity contribution in [1.29, 1.82) is 0 Å². The largest absolute Gasteiger partial charge is 0.508 e. The number of carboxylic acid groups (broad SMARTS) is 1. The van der Waals surface area contributed by atoms with Gasteiger partial charge >= 0.3 is 5.97 Å². The van der Waals surface area contributed by atoms with Crippen LogP contribution in [0.4, 0.5) is 0 Å². The summed E-state index contributed by atoms with van der Waals surface area (Å²) in [5, 5.41) is 21.0. The lowest BCUT2D eigenvalue weighted by molar-refractivity contribution is -0.142. The predicted octanol–water partition coefficient (Wildman–Crippen LogP) is 0.735. The number of carboxylic acids is 1. The average molecular weight is 294 g/mol. The second-order valence-corrected chi connectivity index (χ2v) is 5.36. The van der Waals surface area contributed by atoms with Crippen molar-refractivity contribution < 1.29 is 19.8 Å². The minimum atomic E-state index is -1.10. The summed E-state index contributed by atoms with van der Waals surface area (Å²) in [5.41, 5.74) is 6.28. The van der Waals surface area contributed by atoms with E-state index in [1.54, 1.807) is 12.1 Å². The van der Waals surface area contributed by atoms with Crippen LogP contribution in [0, 0.1) is 11.8 Å². The Kier molecular flexibility index (Phi) is 6.17. The van der Waals surface area contributed by atoms with Crippen molar-refractivity contribution in [2.45, 2.75) is 26.3 Å². The fourth-order valence-electron chi connectivity index (χ4n) is 2.03. The molecule has 6 nitrogen and oxygen atoms in total. The molecule has 0 aliphatic rings. The summed E-state index contributed by atoms with van der Waals surface area (Å²) in [6.45, 7) is 3.91. The zero-order valence-corrected chi connectivity index (χ0v) is 12.2. The molecule has 5 N–H and O–H groups in total. The average Bonchev–Trinajstić information content (AvgIpc) is 2.40. The fourth-order valence-corrected chi connectivity index (χ4v) is 2.03. The van der Waals surface area contributed by atoms with Crippen molar-refractivity contribution in [2.75, 3.05) is 6.54 Å². The Balaban J connectivity index is 2.76. The van der Waals surface area contributed by atoms with E-state index in [2.05, 4.69) is 5.32 Å². The summed E-state index contributed by atoms with van der Waals surface area (Å²) in [6, 6.07) is 5.19. The van der Waals surface area contributed by atoms with Crippen LogP contribution >= 0.6 is 0 Å². The quantitative estimate of drug-likeness (QED) is 0.592. The van der Waals surface area contributed by atoms with Crippen LogP contribution in [-0.4, -0.2) is 34.7 Å². The Labute approximate surface area is 124 Å². The number of aliphatic carboxylic acids is 1. The SMILES string of the molecule is CC(C)C(CN)C(=O)N[C@H](Cc1ccc(O)cc1)C(=O)O. The van der Waals surface area contributed by atoms with Gasteiger partial charge in [0.1, 0.15) is 11.8 Å². The van der Waals surface area contributed by atoms with Gasteiger partial charge in [-0.25, -0.2) is 4.79 Å². The van der Waals surface area contributed by atoms with E-state index in [0.29, 0.717) is 5.56 Å². The van der Waals surface area contributed by atoms with Gasteiger partial charge in [-0.1, -0.05) is 26.0 Å². The molecule has 6 heteroatoms. The third-order valence-electron chi connectivity index (χ3n) is 3.39. The lowest BCUT2D eigenvalue weighted by atomic mass is 9.94. The molecule has 1 aromatic rings. The van der Waals surface area contributed by atoms with Gasteiger partial charge in [0.2, 0.25) is 5.91 Å². The van der Waals surface area contributed by atoms with E-state index in [1.807, 2.05) is 13.8 Å². The molecule has 0 saturated heterocycles. The summed E-state index contributed by atoms with van der Waals surface area (Å²) >= 11 is 0. The van der Waals surface area contributed by atoms with Gasteiger partial charge in [0.15, 0.2) is 0 Å². The highest BCUT2D eigenvalue weighted by Gasteiger charge is 2.26. The van der Waals surface area contributed by atoms with Gasteiger partial charge in [0.25, 0.3) is 0 Å². The molecule has 116 valence electrons. The maximum Gasteiger partial charge on any atom is 0.326 e. The zero-order valence-electron chi connectivity index (χ0n) is 12.2. The smallest absolute Gasteiger partial charge is 0.326 e. The lowest BCUT2D eigenvalue weighted by Crippen LogP contribution is -2.47. The molecule has 0 radical (unpaired) electrons. The first kappa shape index (κ1) is 17.0. The first-order chi connectivity index (χ1) is 9.85. The fraction of sp³-hybridized carbons (Fsp3) is 0.467. The number of phenols is 1. The minimum Gasteiger partial charge on any atom is -0.508 e. The van der Waals surface area contributed by atoms with Crippen molar-refractivity contribution in [3.63, 3.8) is 0 Å². The van der Waals surface area contributed by atoms with Crippen LogP contribution in [0.25, 0.3) is 0 Å².